The number of nitrogens with zero attached hydrogens (tertiary/aromatic N) is 1. The second-order valence-electron chi connectivity index (χ2n) is 3.84. The van der Waals surface area contributed by atoms with Gasteiger partial charge in [0.05, 0.1) is 0 Å². The minimum Gasteiger partial charge on any atom is -0.383 e. The van der Waals surface area contributed by atoms with Gasteiger partial charge in [-0.3, -0.25) is 0 Å². The average molecular weight is 285 g/mol. The van der Waals surface area contributed by atoms with Crippen LogP contribution in [0.5, 0.6) is 0 Å². The van der Waals surface area contributed by atoms with Crippen LogP contribution in [0.3, 0.4) is 0 Å². The highest BCUT2D eigenvalue weighted by atomic mass is 79.9. The molecule has 0 heterocycles. The number of halogens is 1. The van der Waals surface area contributed by atoms with Gasteiger partial charge in [0.2, 0.25) is 0 Å². The molecule has 16 heavy (non-hydrogen) atoms. The van der Waals surface area contributed by atoms with Crippen LogP contribution in [0.15, 0.2) is 28.7 Å². The molecule has 0 fully saturated rings. The van der Waals surface area contributed by atoms with Crippen LogP contribution in [-0.2, 0) is 0 Å². The first-order valence-corrected chi connectivity index (χ1v) is 6.78. The SMILES string of the molecule is CCCN(CC)CCNc1ccccc1Br. The first-order valence-electron chi connectivity index (χ1n) is 5.98. The van der Waals surface area contributed by atoms with E-state index in [0.717, 1.165) is 24.1 Å². The number of hydrogen-bond donors (Lipinski definition) is 1. The van der Waals surface area contributed by atoms with E-state index in [1.54, 1.807) is 0 Å². The molecule has 1 aromatic rings. The van der Waals surface area contributed by atoms with E-state index in [0.29, 0.717) is 0 Å². The molecule has 90 valence electrons. The Hall–Kier alpha value is -0.540. The Labute approximate surface area is 107 Å². The molecule has 1 aromatic carbocycles. The van der Waals surface area contributed by atoms with Gasteiger partial charge in [-0.2, -0.15) is 0 Å². The Morgan fingerprint density at radius 2 is 1.94 bits per heavy atom. The Morgan fingerprint density at radius 3 is 2.56 bits per heavy atom. The first kappa shape index (κ1) is 13.5. The molecule has 0 aliphatic heterocycles. The summed E-state index contributed by atoms with van der Waals surface area (Å²) in [6.45, 7) is 8.86. The van der Waals surface area contributed by atoms with E-state index in [4.69, 9.17) is 0 Å². The van der Waals surface area contributed by atoms with Gasteiger partial charge in [-0.15, -0.1) is 0 Å². The van der Waals surface area contributed by atoms with Gasteiger partial charge in [0.15, 0.2) is 0 Å². The quantitative estimate of drug-likeness (QED) is 0.823. The van der Waals surface area contributed by atoms with Gasteiger partial charge in [-0.25, -0.2) is 0 Å². The van der Waals surface area contributed by atoms with Crippen LogP contribution in [0.1, 0.15) is 20.3 Å². The molecule has 1 rings (SSSR count). The molecule has 0 aliphatic carbocycles. The molecule has 0 amide bonds. The summed E-state index contributed by atoms with van der Waals surface area (Å²) in [7, 11) is 0. The van der Waals surface area contributed by atoms with E-state index in [-0.39, 0.29) is 0 Å². The third-order valence-electron chi connectivity index (χ3n) is 2.60. The summed E-state index contributed by atoms with van der Waals surface area (Å²) in [6.07, 6.45) is 1.23. The second kappa shape index (κ2) is 7.69. The number of anilines is 1. The molecule has 0 saturated heterocycles. The predicted molar refractivity (Wildman–Crippen MR) is 75.0 cm³/mol. The fourth-order valence-electron chi connectivity index (χ4n) is 1.70. The van der Waals surface area contributed by atoms with Crippen LogP contribution in [-0.4, -0.2) is 31.1 Å². The molecule has 0 aromatic heterocycles. The van der Waals surface area contributed by atoms with Gasteiger partial charge < -0.3 is 10.2 Å². The summed E-state index contributed by atoms with van der Waals surface area (Å²) < 4.78 is 1.13. The highest BCUT2D eigenvalue weighted by Crippen LogP contribution is 2.20. The van der Waals surface area contributed by atoms with E-state index in [1.165, 1.54) is 18.7 Å². The van der Waals surface area contributed by atoms with Crippen molar-refractivity contribution in [2.45, 2.75) is 20.3 Å². The molecule has 0 spiro atoms. The second-order valence-corrected chi connectivity index (χ2v) is 4.70. The van der Waals surface area contributed by atoms with Crippen molar-refractivity contribution in [3.63, 3.8) is 0 Å². The van der Waals surface area contributed by atoms with Crippen molar-refractivity contribution in [3.8, 4) is 0 Å². The molecule has 0 bridgehead atoms. The maximum absolute atomic E-state index is 3.54. The van der Waals surface area contributed by atoms with Crippen molar-refractivity contribution in [2.75, 3.05) is 31.5 Å². The van der Waals surface area contributed by atoms with E-state index in [1.807, 2.05) is 6.07 Å². The third-order valence-corrected chi connectivity index (χ3v) is 3.30. The fraction of sp³-hybridized carbons (Fsp3) is 0.538. The van der Waals surface area contributed by atoms with Crippen LogP contribution in [0.4, 0.5) is 5.69 Å². The lowest BCUT2D eigenvalue weighted by Gasteiger charge is -2.20. The van der Waals surface area contributed by atoms with E-state index in [9.17, 15) is 0 Å². The molecular weight excluding hydrogens is 264 g/mol. The molecule has 0 unspecified atom stereocenters. The van der Waals surface area contributed by atoms with Crippen LogP contribution >= 0.6 is 15.9 Å². The van der Waals surface area contributed by atoms with Gasteiger partial charge in [0.1, 0.15) is 0 Å². The van der Waals surface area contributed by atoms with Crippen molar-refractivity contribution in [2.24, 2.45) is 0 Å². The van der Waals surface area contributed by atoms with Crippen LogP contribution in [0.25, 0.3) is 0 Å². The largest absolute Gasteiger partial charge is 0.383 e. The zero-order valence-corrected chi connectivity index (χ0v) is 11.8. The number of rotatable bonds is 7. The molecule has 1 N–H and O–H groups in total. The topological polar surface area (TPSA) is 15.3 Å². The third kappa shape index (κ3) is 4.54. The minimum atomic E-state index is 0.996. The number of benzene rings is 1. The molecule has 0 saturated carbocycles. The predicted octanol–water partition coefficient (Wildman–Crippen LogP) is 3.59. The molecule has 0 atom stereocenters. The molecular formula is C13H21BrN2. The summed E-state index contributed by atoms with van der Waals surface area (Å²) >= 11 is 3.54. The lowest BCUT2D eigenvalue weighted by atomic mass is 10.3. The summed E-state index contributed by atoms with van der Waals surface area (Å²) in [6, 6.07) is 8.24. The minimum absolute atomic E-state index is 0.996. The Kier molecular flexibility index (Phi) is 6.50. The average Bonchev–Trinajstić information content (AvgIpc) is 2.30. The van der Waals surface area contributed by atoms with E-state index >= 15 is 0 Å². The zero-order valence-electron chi connectivity index (χ0n) is 10.2. The molecule has 0 radical (unpaired) electrons. The van der Waals surface area contributed by atoms with Crippen LogP contribution in [0, 0.1) is 0 Å². The van der Waals surface area contributed by atoms with Gasteiger partial charge in [-0.1, -0.05) is 26.0 Å². The van der Waals surface area contributed by atoms with Gasteiger partial charge in [0, 0.05) is 23.2 Å². The Morgan fingerprint density at radius 1 is 1.19 bits per heavy atom. The summed E-state index contributed by atoms with van der Waals surface area (Å²) in [5.41, 5.74) is 1.18. The van der Waals surface area contributed by atoms with Gasteiger partial charge in [-0.05, 0) is 47.6 Å². The van der Waals surface area contributed by atoms with E-state index in [2.05, 4.69) is 58.2 Å². The van der Waals surface area contributed by atoms with Crippen LogP contribution < -0.4 is 5.32 Å². The van der Waals surface area contributed by atoms with Crippen molar-refractivity contribution >= 4 is 21.6 Å². The highest BCUT2D eigenvalue weighted by molar-refractivity contribution is 9.10. The molecule has 0 aliphatic rings. The number of likely N-dealkylation sites (N-methyl/N-ethyl adjacent to an activating group) is 1. The van der Waals surface area contributed by atoms with E-state index < -0.39 is 0 Å². The number of nitrogens with one attached hydrogen (secondary N) is 1. The van der Waals surface area contributed by atoms with Crippen molar-refractivity contribution in [1.82, 2.24) is 4.90 Å². The summed E-state index contributed by atoms with van der Waals surface area (Å²) in [5.74, 6) is 0. The zero-order chi connectivity index (χ0) is 11.8. The van der Waals surface area contributed by atoms with Gasteiger partial charge in [0.25, 0.3) is 0 Å². The maximum atomic E-state index is 3.54. The molecule has 2 nitrogen and oxygen atoms in total. The maximum Gasteiger partial charge on any atom is 0.0485 e. The lowest BCUT2D eigenvalue weighted by molar-refractivity contribution is 0.300. The normalized spacial score (nSPS) is 10.8. The standard InChI is InChI=1S/C13H21BrN2/c1-3-10-16(4-2)11-9-15-13-8-6-5-7-12(13)14/h5-8,15H,3-4,9-11H2,1-2H3. The highest BCUT2D eigenvalue weighted by Gasteiger charge is 2.01. The smallest absolute Gasteiger partial charge is 0.0485 e. The monoisotopic (exact) mass is 284 g/mol. The van der Waals surface area contributed by atoms with Crippen molar-refractivity contribution in [3.05, 3.63) is 28.7 Å². The number of para-hydroxylation sites is 1. The summed E-state index contributed by atoms with van der Waals surface area (Å²) in [5, 5.41) is 3.45. The number of hydrogen-bond acceptors (Lipinski definition) is 2. The van der Waals surface area contributed by atoms with Crippen LogP contribution in [0.2, 0.25) is 0 Å². The van der Waals surface area contributed by atoms with Gasteiger partial charge >= 0.3 is 0 Å². The Balaban J connectivity index is 2.32. The first-order chi connectivity index (χ1) is 7.77. The lowest BCUT2D eigenvalue weighted by Crippen LogP contribution is -2.29. The summed E-state index contributed by atoms with van der Waals surface area (Å²) in [4.78, 5) is 2.46. The van der Waals surface area contributed by atoms with Crippen molar-refractivity contribution in [1.29, 1.82) is 0 Å². The molecule has 3 heteroatoms. The fourth-order valence-corrected chi connectivity index (χ4v) is 2.12. The van der Waals surface area contributed by atoms with Crippen molar-refractivity contribution < 1.29 is 0 Å². The Bertz CT molecular complexity index is 302.